The van der Waals surface area contributed by atoms with Gasteiger partial charge in [-0.15, -0.1) is 0 Å². The van der Waals surface area contributed by atoms with Crippen LogP contribution in [0, 0.1) is 5.92 Å². The molecule has 0 amide bonds. The summed E-state index contributed by atoms with van der Waals surface area (Å²) in [5.74, 6) is -2.06. The molecule has 0 radical (unpaired) electrons. The number of carboxylic acids is 1. The first-order valence-corrected chi connectivity index (χ1v) is 5.05. The number of esters is 1. The molecule has 0 aliphatic heterocycles. The molecule has 92 valence electrons. The average Bonchev–Trinajstić information content (AvgIpc) is 2.25. The van der Waals surface area contributed by atoms with E-state index in [9.17, 15) is 14.4 Å². The van der Waals surface area contributed by atoms with Crippen molar-refractivity contribution in [3.63, 3.8) is 0 Å². The van der Waals surface area contributed by atoms with Crippen molar-refractivity contribution in [3.05, 3.63) is 0 Å². The van der Waals surface area contributed by atoms with E-state index in [1.807, 2.05) is 6.92 Å². The zero-order valence-electron chi connectivity index (χ0n) is 9.18. The van der Waals surface area contributed by atoms with E-state index >= 15 is 0 Å². The number of hydrogen-bond acceptors (Lipinski definition) is 5. The summed E-state index contributed by atoms with van der Waals surface area (Å²) < 4.78 is 8.86. The minimum absolute atomic E-state index is 0.0258. The summed E-state index contributed by atoms with van der Waals surface area (Å²) in [5, 5.41) is 8.80. The van der Waals surface area contributed by atoms with Gasteiger partial charge in [0, 0.05) is 0 Å². The maximum absolute atomic E-state index is 10.9. The van der Waals surface area contributed by atoms with Crippen molar-refractivity contribution in [1.82, 2.24) is 0 Å². The summed E-state index contributed by atoms with van der Waals surface area (Å²) >= 11 is 0. The van der Waals surface area contributed by atoms with E-state index < -0.39 is 24.5 Å². The molecular weight excluding hydrogens is 216 g/mol. The summed E-state index contributed by atoms with van der Waals surface area (Å²) in [6.07, 6.45) is 1.59. The third kappa shape index (κ3) is 6.80. The lowest BCUT2D eigenvalue weighted by molar-refractivity contribution is -0.154. The topological polar surface area (TPSA) is 89.9 Å². The molecule has 0 aliphatic rings. The first kappa shape index (κ1) is 14.4. The van der Waals surface area contributed by atoms with Gasteiger partial charge in [0.1, 0.15) is 0 Å². The van der Waals surface area contributed by atoms with Crippen LogP contribution in [-0.2, 0) is 23.9 Å². The lowest BCUT2D eigenvalue weighted by Gasteiger charge is -2.10. The Hall–Kier alpha value is -1.59. The summed E-state index contributed by atoms with van der Waals surface area (Å²) in [7, 11) is 0. The highest BCUT2D eigenvalue weighted by Gasteiger charge is 2.16. The van der Waals surface area contributed by atoms with Gasteiger partial charge in [0.25, 0.3) is 6.47 Å². The lowest BCUT2D eigenvalue weighted by Crippen LogP contribution is -2.19. The fourth-order valence-electron chi connectivity index (χ4n) is 1.20. The van der Waals surface area contributed by atoms with Crippen LogP contribution in [-0.4, -0.2) is 36.7 Å². The summed E-state index contributed by atoms with van der Waals surface area (Å²) in [5.41, 5.74) is 0. The number of aliphatic carboxylic acids is 1. The van der Waals surface area contributed by atoms with Crippen molar-refractivity contribution in [3.8, 4) is 0 Å². The molecule has 0 aliphatic carbocycles. The molecule has 1 unspecified atom stereocenters. The predicted molar refractivity (Wildman–Crippen MR) is 53.6 cm³/mol. The highest BCUT2D eigenvalue weighted by Crippen LogP contribution is 2.11. The highest BCUT2D eigenvalue weighted by atomic mass is 16.6. The lowest BCUT2D eigenvalue weighted by atomic mass is 10.0. The van der Waals surface area contributed by atoms with Gasteiger partial charge < -0.3 is 14.6 Å². The normalized spacial score (nSPS) is 11.6. The summed E-state index contributed by atoms with van der Waals surface area (Å²) in [6.45, 7) is 1.63. The number of carbonyl (C=O) groups excluding carboxylic acids is 2. The second-order valence-corrected chi connectivity index (χ2v) is 3.24. The quantitative estimate of drug-likeness (QED) is 0.462. The Bertz CT molecular complexity index is 237. The molecule has 0 fully saturated rings. The fourth-order valence-corrected chi connectivity index (χ4v) is 1.20. The summed E-state index contributed by atoms with van der Waals surface area (Å²) in [4.78, 5) is 31.3. The molecular formula is C10H16O6. The molecule has 0 saturated carbocycles. The Balaban J connectivity index is 3.72. The molecule has 6 nitrogen and oxygen atoms in total. The smallest absolute Gasteiger partial charge is 0.344 e. The van der Waals surface area contributed by atoms with Crippen molar-refractivity contribution in [2.75, 3.05) is 13.2 Å². The monoisotopic (exact) mass is 232 g/mol. The van der Waals surface area contributed by atoms with Crippen molar-refractivity contribution in [2.24, 2.45) is 5.92 Å². The Morgan fingerprint density at radius 3 is 2.56 bits per heavy atom. The minimum Gasteiger partial charge on any atom is -0.481 e. The van der Waals surface area contributed by atoms with Crippen LogP contribution in [0.25, 0.3) is 0 Å². The summed E-state index contributed by atoms with van der Waals surface area (Å²) in [6, 6.07) is 0. The predicted octanol–water partition coefficient (Wildman–Crippen LogP) is 0.594. The molecule has 0 bridgehead atoms. The molecule has 0 aromatic carbocycles. The van der Waals surface area contributed by atoms with Crippen molar-refractivity contribution in [1.29, 1.82) is 0 Å². The molecule has 0 aromatic rings. The van der Waals surface area contributed by atoms with Gasteiger partial charge in [-0.05, 0) is 12.8 Å². The van der Waals surface area contributed by atoms with Gasteiger partial charge in [-0.1, -0.05) is 13.3 Å². The molecule has 1 atom stereocenters. The molecule has 0 aromatic heterocycles. The first-order valence-electron chi connectivity index (χ1n) is 5.05. The van der Waals surface area contributed by atoms with E-state index in [-0.39, 0.29) is 19.5 Å². The van der Waals surface area contributed by atoms with Crippen LogP contribution in [0.2, 0.25) is 0 Å². The van der Waals surface area contributed by atoms with Crippen LogP contribution < -0.4 is 0 Å². The van der Waals surface area contributed by atoms with Crippen LogP contribution in [0.3, 0.4) is 0 Å². The maximum atomic E-state index is 10.9. The number of carboxylic acid groups (broad SMARTS) is 1. The van der Waals surface area contributed by atoms with E-state index in [1.54, 1.807) is 0 Å². The zero-order valence-corrected chi connectivity index (χ0v) is 9.18. The minimum atomic E-state index is -0.887. The Labute approximate surface area is 93.5 Å². The van der Waals surface area contributed by atoms with Crippen LogP contribution in [0.1, 0.15) is 26.2 Å². The molecule has 0 spiro atoms. The molecule has 0 rings (SSSR count). The second-order valence-electron chi connectivity index (χ2n) is 3.24. The molecule has 0 saturated heterocycles. The number of rotatable bonds is 9. The van der Waals surface area contributed by atoms with E-state index in [1.165, 1.54) is 0 Å². The Morgan fingerprint density at radius 2 is 2.06 bits per heavy atom. The second kappa shape index (κ2) is 8.70. The third-order valence-corrected chi connectivity index (χ3v) is 1.98. The Morgan fingerprint density at radius 1 is 1.38 bits per heavy atom. The standard InChI is InChI=1S/C10H16O6/c1-2-3-8(10(13)14)4-5-16-9(12)6-15-7-11/h7-8H,2-6H2,1H3,(H,13,14). The van der Waals surface area contributed by atoms with Gasteiger partial charge >= 0.3 is 11.9 Å². The van der Waals surface area contributed by atoms with Gasteiger partial charge in [-0.25, -0.2) is 4.79 Å². The molecule has 16 heavy (non-hydrogen) atoms. The Kier molecular flexibility index (Phi) is 7.83. The van der Waals surface area contributed by atoms with Crippen LogP contribution in [0.5, 0.6) is 0 Å². The van der Waals surface area contributed by atoms with E-state index in [0.717, 1.165) is 6.42 Å². The highest BCUT2D eigenvalue weighted by molar-refractivity contribution is 5.72. The molecule has 6 heteroatoms. The van der Waals surface area contributed by atoms with Gasteiger partial charge in [-0.2, -0.15) is 0 Å². The van der Waals surface area contributed by atoms with Crippen LogP contribution in [0.4, 0.5) is 0 Å². The zero-order chi connectivity index (χ0) is 12.4. The molecule has 0 heterocycles. The van der Waals surface area contributed by atoms with Gasteiger partial charge in [0.15, 0.2) is 6.61 Å². The first-order chi connectivity index (χ1) is 7.61. The van der Waals surface area contributed by atoms with Gasteiger partial charge in [0.2, 0.25) is 0 Å². The van der Waals surface area contributed by atoms with Gasteiger partial charge in [0.05, 0.1) is 12.5 Å². The number of carbonyl (C=O) groups is 3. The molecule has 1 N–H and O–H groups in total. The average molecular weight is 232 g/mol. The van der Waals surface area contributed by atoms with Crippen LogP contribution >= 0.6 is 0 Å². The van der Waals surface area contributed by atoms with Crippen molar-refractivity contribution >= 4 is 18.4 Å². The SMILES string of the molecule is CCCC(CCOC(=O)COC=O)C(=O)O. The number of hydrogen-bond donors (Lipinski definition) is 1. The van der Waals surface area contributed by atoms with Gasteiger partial charge in [-0.3, -0.25) is 9.59 Å². The van der Waals surface area contributed by atoms with Crippen molar-refractivity contribution < 1.29 is 29.0 Å². The maximum Gasteiger partial charge on any atom is 0.344 e. The van der Waals surface area contributed by atoms with E-state index in [2.05, 4.69) is 9.47 Å². The van der Waals surface area contributed by atoms with E-state index in [4.69, 9.17) is 5.11 Å². The number of ether oxygens (including phenoxy) is 2. The van der Waals surface area contributed by atoms with Crippen LogP contribution in [0.15, 0.2) is 0 Å². The fraction of sp³-hybridized carbons (Fsp3) is 0.700. The van der Waals surface area contributed by atoms with Crippen molar-refractivity contribution in [2.45, 2.75) is 26.2 Å². The van der Waals surface area contributed by atoms with E-state index in [0.29, 0.717) is 6.42 Å². The largest absolute Gasteiger partial charge is 0.481 e. The third-order valence-electron chi connectivity index (χ3n) is 1.98.